The van der Waals surface area contributed by atoms with Crippen molar-refractivity contribution in [2.24, 2.45) is 5.92 Å². The lowest BCUT2D eigenvalue weighted by atomic mass is 9.97. The molecule has 1 saturated heterocycles. The molecule has 1 fully saturated rings. The van der Waals surface area contributed by atoms with Gasteiger partial charge in [0.25, 0.3) is 0 Å². The van der Waals surface area contributed by atoms with Crippen LogP contribution in [0.4, 0.5) is 0 Å². The molecule has 2 aliphatic heterocycles. The molecule has 0 aliphatic carbocycles. The van der Waals surface area contributed by atoms with Crippen LogP contribution in [0.1, 0.15) is 30.1 Å². The summed E-state index contributed by atoms with van der Waals surface area (Å²) in [6, 6.07) is 8.25. The van der Waals surface area contributed by atoms with Gasteiger partial charge in [-0.05, 0) is 24.0 Å². The Morgan fingerprint density at radius 1 is 1.38 bits per heavy atom. The second kappa shape index (κ2) is 8.64. The number of amides is 2. The number of hydrogen-bond donors (Lipinski definition) is 0. The Hall–Kier alpha value is -1.92. The topological polar surface area (TPSA) is 59.1 Å². The van der Waals surface area contributed by atoms with Gasteiger partial charge in [-0.2, -0.15) is 0 Å². The highest BCUT2D eigenvalue weighted by Gasteiger charge is 2.36. The Kier molecular flexibility index (Phi) is 6.27. The zero-order chi connectivity index (χ0) is 18.5. The number of carbonyl (C=O) groups is 2. The molecule has 0 radical (unpaired) electrons. The molecule has 142 valence electrons. The van der Waals surface area contributed by atoms with Gasteiger partial charge in [0.1, 0.15) is 6.10 Å². The summed E-state index contributed by atoms with van der Waals surface area (Å²) in [5, 5.41) is 0. The van der Waals surface area contributed by atoms with Crippen LogP contribution in [0.25, 0.3) is 0 Å². The van der Waals surface area contributed by atoms with Crippen molar-refractivity contribution in [2.75, 3.05) is 47.0 Å². The predicted octanol–water partition coefficient (Wildman–Crippen LogP) is 1.64. The highest BCUT2D eigenvalue weighted by molar-refractivity contribution is 5.89. The summed E-state index contributed by atoms with van der Waals surface area (Å²) in [6.07, 6.45) is 1.92. The van der Waals surface area contributed by atoms with Crippen molar-refractivity contribution in [3.05, 3.63) is 35.4 Å². The van der Waals surface area contributed by atoms with Gasteiger partial charge in [-0.3, -0.25) is 9.59 Å². The van der Waals surface area contributed by atoms with Gasteiger partial charge in [0.2, 0.25) is 11.8 Å². The second-order valence-corrected chi connectivity index (χ2v) is 7.11. The summed E-state index contributed by atoms with van der Waals surface area (Å²) in [5.74, 6) is -0.166. The van der Waals surface area contributed by atoms with Crippen LogP contribution in [0.5, 0.6) is 0 Å². The van der Waals surface area contributed by atoms with Crippen molar-refractivity contribution in [3.8, 4) is 0 Å². The van der Waals surface area contributed by atoms with E-state index in [1.54, 1.807) is 24.0 Å². The van der Waals surface area contributed by atoms with E-state index < -0.39 is 0 Å². The number of rotatable bonds is 7. The zero-order valence-electron chi connectivity index (χ0n) is 15.6. The Bertz CT molecular complexity index is 648. The lowest BCUT2D eigenvalue weighted by Gasteiger charge is -2.30. The molecule has 2 atom stereocenters. The highest BCUT2D eigenvalue weighted by atomic mass is 16.5. The van der Waals surface area contributed by atoms with Crippen LogP contribution in [-0.4, -0.2) is 68.6 Å². The molecule has 0 bridgehead atoms. The van der Waals surface area contributed by atoms with E-state index in [1.807, 2.05) is 12.1 Å². The lowest BCUT2D eigenvalue weighted by molar-refractivity contribution is -0.136. The van der Waals surface area contributed by atoms with E-state index in [9.17, 15) is 9.59 Å². The van der Waals surface area contributed by atoms with Gasteiger partial charge in [-0.1, -0.05) is 24.3 Å². The van der Waals surface area contributed by atoms with E-state index in [2.05, 4.69) is 12.1 Å². The first-order valence-corrected chi connectivity index (χ1v) is 9.31. The lowest BCUT2D eigenvalue weighted by Crippen LogP contribution is -2.38. The number of likely N-dealkylation sites (N-methyl/N-ethyl adjacent to an activating group) is 1. The van der Waals surface area contributed by atoms with Crippen molar-refractivity contribution in [1.82, 2.24) is 9.80 Å². The highest BCUT2D eigenvalue weighted by Crippen LogP contribution is 2.28. The minimum atomic E-state index is -0.256. The van der Waals surface area contributed by atoms with Crippen molar-refractivity contribution in [3.63, 3.8) is 0 Å². The third kappa shape index (κ3) is 4.24. The third-order valence-electron chi connectivity index (χ3n) is 5.25. The van der Waals surface area contributed by atoms with Gasteiger partial charge in [-0.25, -0.2) is 0 Å². The minimum absolute atomic E-state index is 0.0271. The molecule has 6 nitrogen and oxygen atoms in total. The molecule has 0 spiro atoms. The molecule has 2 heterocycles. The number of likely N-dealkylation sites (tertiary alicyclic amines) is 1. The quantitative estimate of drug-likeness (QED) is 0.694. The van der Waals surface area contributed by atoms with Gasteiger partial charge in [0.15, 0.2) is 0 Å². The van der Waals surface area contributed by atoms with Crippen LogP contribution in [0.15, 0.2) is 24.3 Å². The average Bonchev–Trinajstić information content (AvgIpc) is 3.02. The van der Waals surface area contributed by atoms with E-state index in [4.69, 9.17) is 9.47 Å². The molecule has 0 aromatic heterocycles. The first-order valence-electron chi connectivity index (χ1n) is 9.31. The molecule has 2 aliphatic rings. The molecule has 6 heteroatoms. The molecular formula is C20H28N2O4. The number of ether oxygens (including phenoxy) is 2. The van der Waals surface area contributed by atoms with Crippen molar-refractivity contribution < 1.29 is 19.1 Å². The van der Waals surface area contributed by atoms with Crippen molar-refractivity contribution >= 4 is 11.8 Å². The Labute approximate surface area is 155 Å². The fraction of sp³-hybridized carbons (Fsp3) is 0.600. The summed E-state index contributed by atoms with van der Waals surface area (Å²) in [6.45, 7) is 2.98. The smallest absolute Gasteiger partial charge is 0.227 e. The van der Waals surface area contributed by atoms with Gasteiger partial charge in [0.05, 0.1) is 19.1 Å². The van der Waals surface area contributed by atoms with Crippen LogP contribution in [-0.2, 0) is 25.5 Å². The summed E-state index contributed by atoms with van der Waals surface area (Å²) < 4.78 is 10.9. The minimum Gasteiger partial charge on any atom is -0.385 e. The first kappa shape index (κ1) is 18.9. The second-order valence-electron chi connectivity index (χ2n) is 7.11. The maximum Gasteiger partial charge on any atom is 0.227 e. The largest absolute Gasteiger partial charge is 0.385 e. The SMILES string of the molecule is COCCCN1CC(C(=O)N(C)CC2OCCc3ccccc32)CC1=O. The van der Waals surface area contributed by atoms with E-state index in [-0.39, 0.29) is 23.8 Å². The molecule has 26 heavy (non-hydrogen) atoms. The zero-order valence-corrected chi connectivity index (χ0v) is 15.6. The number of carbonyl (C=O) groups excluding carboxylic acids is 2. The standard InChI is InChI=1S/C20H28N2O4/c1-21(14-18-17-7-4-3-6-15(17)8-11-26-18)20(24)16-12-19(23)22(13-16)9-5-10-25-2/h3-4,6-7,16,18H,5,8-14H2,1-2H3. The molecular weight excluding hydrogens is 332 g/mol. The number of methoxy groups -OCH3 is 1. The molecule has 2 unspecified atom stereocenters. The van der Waals surface area contributed by atoms with Crippen LogP contribution in [0.3, 0.4) is 0 Å². The fourth-order valence-corrected chi connectivity index (χ4v) is 3.83. The van der Waals surface area contributed by atoms with Crippen molar-refractivity contribution in [1.29, 1.82) is 0 Å². The summed E-state index contributed by atoms with van der Waals surface area (Å²) in [4.78, 5) is 28.5. The monoisotopic (exact) mass is 360 g/mol. The van der Waals surface area contributed by atoms with E-state index in [1.165, 1.54) is 11.1 Å². The Balaban J connectivity index is 1.56. The Morgan fingerprint density at radius 3 is 3.00 bits per heavy atom. The molecule has 3 rings (SSSR count). The maximum absolute atomic E-state index is 12.8. The molecule has 0 N–H and O–H groups in total. The number of benzene rings is 1. The van der Waals surface area contributed by atoms with Crippen LogP contribution < -0.4 is 0 Å². The molecule has 0 saturated carbocycles. The molecule has 2 amide bonds. The normalized spacial score (nSPS) is 22.4. The van der Waals surface area contributed by atoms with E-state index in [0.29, 0.717) is 39.3 Å². The van der Waals surface area contributed by atoms with Crippen LogP contribution in [0.2, 0.25) is 0 Å². The molecule has 1 aromatic carbocycles. The molecule has 1 aromatic rings. The van der Waals surface area contributed by atoms with Gasteiger partial charge in [0, 0.05) is 40.3 Å². The first-order chi connectivity index (χ1) is 12.6. The van der Waals surface area contributed by atoms with E-state index in [0.717, 1.165) is 12.8 Å². The van der Waals surface area contributed by atoms with Gasteiger partial charge >= 0.3 is 0 Å². The van der Waals surface area contributed by atoms with Crippen LogP contribution >= 0.6 is 0 Å². The summed E-state index contributed by atoms with van der Waals surface area (Å²) in [5.41, 5.74) is 2.46. The van der Waals surface area contributed by atoms with Crippen molar-refractivity contribution in [2.45, 2.75) is 25.4 Å². The van der Waals surface area contributed by atoms with Gasteiger partial charge < -0.3 is 19.3 Å². The number of fused-ring (bicyclic) bond motifs is 1. The fourth-order valence-electron chi connectivity index (χ4n) is 3.83. The summed E-state index contributed by atoms with van der Waals surface area (Å²) in [7, 11) is 3.46. The predicted molar refractivity (Wildman–Crippen MR) is 97.7 cm³/mol. The number of nitrogens with zero attached hydrogens (tertiary/aromatic N) is 2. The average molecular weight is 360 g/mol. The maximum atomic E-state index is 12.8. The van der Waals surface area contributed by atoms with Crippen LogP contribution in [0, 0.1) is 5.92 Å². The summed E-state index contributed by atoms with van der Waals surface area (Å²) >= 11 is 0. The third-order valence-corrected chi connectivity index (χ3v) is 5.25. The van der Waals surface area contributed by atoms with Gasteiger partial charge in [-0.15, -0.1) is 0 Å². The Morgan fingerprint density at radius 2 is 2.19 bits per heavy atom. The number of hydrogen-bond acceptors (Lipinski definition) is 4. The van der Waals surface area contributed by atoms with E-state index >= 15 is 0 Å².